The lowest BCUT2D eigenvalue weighted by Gasteiger charge is -2.30. The molecule has 0 bridgehead atoms. The first-order valence-corrected chi connectivity index (χ1v) is 10.1. The zero-order valence-corrected chi connectivity index (χ0v) is 16.3. The number of quaternary nitrogens is 1. The molecule has 4 atom stereocenters. The molecule has 0 amide bonds. The predicted octanol–water partition coefficient (Wildman–Crippen LogP) is -2.64. The summed E-state index contributed by atoms with van der Waals surface area (Å²) in [6, 6.07) is 0. The molecule has 152 valence electrons. The van der Waals surface area contributed by atoms with E-state index < -0.39 is 26.6 Å². The largest absolute Gasteiger partial charge is 0.394 e. The number of hydrogen-bond donors (Lipinski definition) is 6. The summed E-state index contributed by atoms with van der Waals surface area (Å²) in [5, 5.41) is 48.8. The van der Waals surface area contributed by atoms with Gasteiger partial charge in [-0.25, -0.2) is 0 Å². The third kappa shape index (κ3) is 14.8. The lowest BCUT2D eigenvalue weighted by Crippen LogP contribution is -2.48. The molecule has 25 heavy (non-hydrogen) atoms. The van der Waals surface area contributed by atoms with Crippen LogP contribution in [0.3, 0.4) is 0 Å². The Morgan fingerprint density at radius 1 is 1.00 bits per heavy atom. The predicted molar refractivity (Wildman–Crippen MR) is 94.1 cm³/mol. The Morgan fingerprint density at radius 3 is 2.20 bits per heavy atom. The van der Waals surface area contributed by atoms with Crippen LogP contribution in [0.5, 0.6) is 0 Å². The van der Waals surface area contributed by atoms with Gasteiger partial charge >= 0.3 is 0 Å². The van der Waals surface area contributed by atoms with Crippen molar-refractivity contribution in [2.45, 2.75) is 18.3 Å². The molecule has 0 aromatic carbocycles. The Bertz CT molecular complexity index is 327. The minimum Gasteiger partial charge on any atom is -0.394 e. The van der Waals surface area contributed by atoms with E-state index in [0.717, 1.165) is 0 Å². The minimum absolute atomic E-state index is 0.0316. The highest BCUT2D eigenvalue weighted by Gasteiger charge is 2.21. The molecule has 11 heteroatoms. The lowest BCUT2D eigenvalue weighted by molar-refractivity contribution is -0.894. The van der Waals surface area contributed by atoms with Gasteiger partial charge in [0.2, 0.25) is 8.30 Å². The van der Waals surface area contributed by atoms with Gasteiger partial charge in [0.25, 0.3) is 0 Å². The standard InChI is InChI=1S/C14H34N2O8P/c1-16(2,7-13(20)8-17)4-5-23-24-25(3)15-6-12(19)10-22-11-14(21)9-18/h12-15,17-21H,4-11H2,1-3H3/q+1/p+1. The van der Waals surface area contributed by atoms with Crippen LogP contribution in [0.15, 0.2) is 0 Å². The molecule has 0 radical (unpaired) electrons. The molecule has 0 rings (SSSR count). The van der Waals surface area contributed by atoms with Gasteiger partial charge in [0.05, 0.1) is 59.8 Å². The van der Waals surface area contributed by atoms with Gasteiger partial charge in [0.15, 0.2) is 0 Å². The van der Waals surface area contributed by atoms with Crippen LogP contribution in [0, 0.1) is 0 Å². The summed E-state index contributed by atoms with van der Waals surface area (Å²) in [5.41, 5.74) is 0. The van der Waals surface area contributed by atoms with Crippen molar-refractivity contribution in [3.8, 4) is 0 Å². The number of likely N-dealkylation sites (N-methyl/N-ethyl adjacent to an activating group) is 1. The Labute approximate surface area is 150 Å². The quantitative estimate of drug-likeness (QED) is 0.0548. The molecule has 0 aromatic heterocycles. The minimum atomic E-state index is -1.45. The molecule has 0 aliphatic carbocycles. The van der Waals surface area contributed by atoms with E-state index in [1.54, 1.807) is 0 Å². The van der Waals surface area contributed by atoms with Crippen LogP contribution in [-0.4, -0.2) is 122 Å². The molecule has 0 saturated carbocycles. The summed E-state index contributed by atoms with van der Waals surface area (Å²) in [6.45, 7) is 2.80. The molecular weight excluding hydrogens is 355 g/mol. The zero-order valence-electron chi connectivity index (χ0n) is 15.3. The second-order valence-electron chi connectivity index (χ2n) is 6.55. The van der Waals surface area contributed by atoms with Crippen molar-refractivity contribution in [1.29, 1.82) is 0 Å². The third-order valence-electron chi connectivity index (χ3n) is 3.30. The number of rotatable bonds is 16. The summed E-state index contributed by atoms with van der Waals surface area (Å²) in [6.07, 6.45) is -2.46. The second kappa shape index (κ2) is 14.1. The molecule has 0 heterocycles. The van der Waals surface area contributed by atoms with Crippen molar-refractivity contribution in [2.24, 2.45) is 0 Å². The van der Waals surface area contributed by atoms with Crippen LogP contribution < -0.4 is 5.09 Å². The van der Waals surface area contributed by atoms with Gasteiger partial charge in [-0.15, -0.1) is 0 Å². The molecule has 0 spiro atoms. The number of ether oxygens (including phenoxy) is 1. The molecule has 4 unspecified atom stereocenters. The number of aliphatic hydroxyl groups excluding tert-OH is 5. The highest BCUT2D eigenvalue weighted by molar-refractivity contribution is 7.49. The Kier molecular flexibility index (Phi) is 14.1. The van der Waals surface area contributed by atoms with Crippen LogP contribution in [0.4, 0.5) is 0 Å². The van der Waals surface area contributed by atoms with E-state index in [4.69, 9.17) is 29.6 Å². The monoisotopic (exact) mass is 390 g/mol. The maximum absolute atomic E-state index is 9.71. The second-order valence-corrected chi connectivity index (χ2v) is 8.18. The fourth-order valence-corrected chi connectivity index (χ4v) is 2.72. The maximum atomic E-state index is 9.71. The maximum Gasteiger partial charge on any atom is 0.239 e. The molecule has 10 nitrogen and oxygen atoms in total. The molecule has 6 N–H and O–H groups in total. The first-order valence-electron chi connectivity index (χ1n) is 8.22. The highest BCUT2D eigenvalue weighted by Crippen LogP contribution is 2.26. The fraction of sp³-hybridized carbons (Fsp3) is 1.00. The van der Waals surface area contributed by atoms with Crippen molar-refractivity contribution in [1.82, 2.24) is 5.09 Å². The number of nitrogens with zero attached hydrogens (tertiary/aromatic N) is 1. The fourth-order valence-electron chi connectivity index (χ4n) is 1.88. The van der Waals surface area contributed by atoms with E-state index in [-0.39, 0.29) is 33.0 Å². The molecule has 0 aromatic rings. The van der Waals surface area contributed by atoms with Gasteiger partial charge in [0.1, 0.15) is 31.9 Å². The SMILES string of the molecule is C[PH+](NCC(O)COCC(O)CO)OOCC[N+](C)(C)CC(O)CO. The van der Waals surface area contributed by atoms with E-state index >= 15 is 0 Å². The van der Waals surface area contributed by atoms with Crippen molar-refractivity contribution >= 4 is 8.30 Å². The average molecular weight is 390 g/mol. The molecule has 0 saturated heterocycles. The third-order valence-corrected chi connectivity index (χ3v) is 4.37. The van der Waals surface area contributed by atoms with Gasteiger partial charge < -0.3 is 34.8 Å². The summed E-state index contributed by atoms with van der Waals surface area (Å²) in [4.78, 5) is 5.16. The van der Waals surface area contributed by atoms with E-state index in [2.05, 4.69) is 5.09 Å². The van der Waals surface area contributed by atoms with Gasteiger partial charge in [-0.2, -0.15) is 9.97 Å². The normalized spacial score (nSPS) is 17.3. The van der Waals surface area contributed by atoms with Gasteiger partial charge in [-0.05, 0) is 0 Å². The Balaban J connectivity index is 3.71. The molecule has 0 aliphatic heterocycles. The van der Waals surface area contributed by atoms with Gasteiger partial charge in [-0.1, -0.05) is 4.67 Å². The smallest absolute Gasteiger partial charge is 0.239 e. The van der Waals surface area contributed by atoms with Crippen LogP contribution in [-0.2, 0) is 14.3 Å². The van der Waals surface area contributed by atoms with Crippen molar-refractivity contribution in [3.63, 3.8) is 0 Å². The van der Waals surface area contributed by atoms with E-state index in [0.29, 0.717) is 24.2 Å². The van der Waals surface area contributed by atoms with Crippen molar-refractivity contribution in [2.75, 3.05) is 73.4 Å². The van der Waals surface area contributed by atoms with Crippen LogP contribution in [0.2, 0.25) is 0 Å². The number of hydrogen-bond acceptors (Lipinski definition) is 9. The highest BCUT2D eigenvalue weighted by atomic mass is 31.2. The first kappa shape index (κ1) is 25.0. The van der Waals surface area contributed by atoms with Gasteiger partial charge in [0, 0.05) is 0 Å². The van der Waals surface area contributed by atoms with E-state index in [1.807, 2.05) is 20.8 Å². The average Bonchev–Trinajstić information content (AvgIpc) is 2.56. The number of aliphatic hydroxyl groups is 5. The molecule has 0 fully saturated rings. The Morgan fingerprint density at radius 2 is 1.60 bits per heavy atom. The summed E-state index contributed by atoms with van der Waals surface area (Å²) >= 11 is 0. The van der Waals surface area contributed by atoms with E-state index in [9.17, 15) is 10.2 Å². The summed E-state index contributed by atoms with van der Waals surface area (Å²) in [7, 11) is 2.39. The van der Waals surface area contributed by atoms with Gasteiger partial charge in [-0.3, -0.25) is 0 Å². The number of nitrogens with one attached hydrogen (secondary N) is 1. The van der Waals surface area contributed by atoms with Crippen molar-refractivity contribution < 1.29 is 44.3 Å². The van der Waals surface area contributed by atoms with Crippen LogP contribution in [0.25, 0.3) is 0 Å². The molecule has 0 aliphatic rings. The van der Waals surface area contributed by atoms with Crippen molar-refractivity contribution in [3.05, 3.63) is 0 Å². The van der Waals surface area contributed by atoms with E-state index in [1.165, 1.54) is 0 Å². The lowest BCUT2D eigenvalue weighted by atomic mass is 10.3. The Hall–Kier alpha value is 0.0300. The van der Waals surface area contributed by atoms with Crippen LogP contribution in [0.1, 0.15) is 0 Å². The van der Waals surface area contributed by atoms with Crippen LogP contribution >= 0.6 is 8.30 Å². The summed E-state index contributed by atoms with van der Waals surface area (Å²) < 4.78 is 10.8. The summed E-state index contributed by atoms with van der Waals surface area (Å²) in [5.74, 6) is 0. The molecular formula is C14H35N2O8P+2. The first-order chi connectivity index (χ1) is 11.7. The zero-order chi connectivity index (χ0) is 19.3. The topological polar surface area (TPSA) is 141 Å².